The smallest absolute Gasteiger partial charge is 0.331 e. The van der Waals surface area contributed by atoms with E-state index in [0.29, 0.717) is 25.9 Å². The molecule has 0 aliphatic heterocycles. The number of esters is 1. The molecule has 0 aromatic rings. The summed E-state index contributed by atoms with van der Waals surface area (Å²) in [6, 6.07) is 0. The molecule has 0 saturated heterocycles. The van der Waals surface area contributed by atoms with Crippen LogP contribution in [0, 0.1) is 0 Å². The Kier molecular flexibility index (Phi) is 9.36. The Hall–Kier alpha value is -0.380. The number of unbranched alkanes of at least 4 members (excludes halogenated alkanes) is 1. The van der Waals surface area contributed by atoms with Gasteiger partial charge in [0.15, 0.2) is 0 Å². The lowest BCUT2D eigenvalue weighted by molar-refractivity contribution is -0.143. The predicted molar refractivity (Wildman–Crippen MR) is 79.7 cm³/mol. The van der Waals surface area contributed by atoms with E-state index in [9.17, 15) is 19.1 Å². The first-order valence-electron chi connectivity index (χ1n) is 7.54. The van der Waals surface area contributed by atoms with Crippen LogP contribution < -0.4 is 0 Å². The Balaban J connectivity index is 4.82. The van der Waals surface area contributed by atoms with Gasteiger partial charge in [0.2, 0.25) is 0 Å². The molecule has 5 nitrogen and oxygen atoms in total. The Morgan fingerprint density at radius 1 is 1.05 bits per heavy atom. The van der Waals surface area contributed by atoms with Crippen LogP contribution in [0.3, 0.4) is 0 Å². The number of hydrogen-bond donors (Lipinski definition) is 2. The van der Waals surface area contributed by atoms with Crippen LogP contribution in [-0.4, -0.2) is 27.5 Å². The minimum Gasteiger partial charge on any atom is -0.466 e. The van der Waals surface area contributed by atoms with Gasteiger partial charge in [0.05, 0.1) is 11.8 Å². The van der Waals surface area contributed by atoms with Crippen molar-refractivity contribution in [1.82, 2.24) is 0 Å². The summed E-state index contributed by atoms with van der Waals surface area (Å²) < 4.78 is 16.9. The fourth-order valence-electron chi connectivity index (χ4n) is 2.41. The topological polar surface area (TPSA) is 83.8 Å². The molecule has 1 unspecified atom stereocenters. The summed E-state index contributed by atoms with van der Waals surface area (Å²) in [6.07, 6.45) is 4.27. The van der Waals surface area contributed by atoms with Crippen molar-refractivity contribution >= 4 is 13.6 Å². The third-order valence-corrected chi connectivity index (χ3v) is 5.50. The second-order valence-electron chi connectivity index (χ2n) is 5.34. The summed E-state index contributed by atoms with van der Waals surface area (Å²) in [5.74, 6) is -0.364. The predicted octanol–water partition coefficient (Wildman–Crippen LogP) is 3.63. The summed E-state index contributed by atoms with van der Waals surface area (Å²) in [6.45, 7) is 6.17. The van der Waals surface area contributed by atoms with E-state index >= 15 is 0 Å². The standard InChI is InChI=1S/C14H29O5P/c1-4-7-10-14(9-5-2,20(16,17)18)11-8-13(15)19-12-6-3/h4-12H2,1-3H3,(H2,16,17,18). The van der Waals surface area contributed by atoms with Gasteiger partial charge in [-0.15, -0.1) is 0 Å². The van der Waals surface area contributed by atoms with E-state index in [4.69, 9.17) is 4.74 Å². The van der Waals surface area contributed by atoms with E-state index in [-0.39, 0.29) is 18.8 Å². The van der Waals surface area contributed by atoms with Gasteiger partial charge in [-0.1, -0.05) is 40.0 Å². The molecule has 0 fully saturated rings. The fraction of sp³-hybridized carbons (Fsp3) is 0.929. The molecular weight excluding hydrogens is 279 g/mol. The quantitative estimate of drug-likeness (QED) is 0.450. The zero-order valence-corrected chi connectivity index (χ0v) is 13.8. The van der Waals surface area contributed by atoms with E-state index < -0.39 is 12.8 Å². The first-order chi connectivity index (χ1) is 9.33. The molecule has 6 heteroatoms. The molecule has 0 saturated carbocycles. The highest BCUT2D eigenvalue weighted by Crippen LogP contribution is 2.58. The maximum atomic E-state index is 11.9. The Morgan fingerprint density at radius 3 is 2.15 bits per heavy atom. The SMILES string of the molecule is CCCCC(CCC)(CCC(=O)OCCC)P(=O)(O)O. The number of ether oxygens (including phenoxy) is 1. The molecule has 0 spiro atoms. The molecule has 0 bridgehead atoms. The molecule has 0 rings (SSSR count). The van der Waals surface area contributed by atoms with Crippen molar-refractivity contribution in [1.29, 1.82) is 0 Å². The Morgan fingerprint density at radius 2 is 1.70 bits per heavy atom. The van der Waals surface area contributed by atoms with Gasteiger partial charge in [-0.3, -0.25) is 9.36 Å². The van der Waals surface area contributed by atoms with Gasteiger partial charge in [0.25, 0.3) is 0 Å². The van der Waals surface area contributed by atoms with Crippen LogP contribution in [0.4, 0.5) is 0 Å². The third-order valence-electron chi connectivity index (χ3n) is 3.59. The second-order valence-corrected chi connectivity index (χ2v) is 7.38. The van der Waals surface area contributed by atoms with Crippen LogP contribution in [0.15, 0.2) is 0 Å². The van der Waals surface area contributed by atoms with Gasteiger partial charge in [-0.2, -0.15) is 0 Å². The normalized spacial score (nSPS) is 14.8. The molecular formula is C14H29O5P. The van der Waals surface area contributed by atoms with Gasteiger partial charge in [-0.05, 0) is 25.7 Å². The van der Waals surface area contributed by atoms with E-state index in [2.05, 4.69) is 0 Å². The molecule has 0 heterocycles. The van der Waals surface area contributed by atoms with Gasteiger partial charge in [0.1, 0.15) is 0 Å². The highest BCUT2D eigenvalue weighted by atomic mass is 31.2. The molecule has 0 aliphatic rings. The average molecular weight is 308 g/mol. The molecule has 0 radical (unpaired) electrons. The first kappa shape index (κ1) is 19.6. The molecule has 0 aromatic carbocycles. The van der Waals surface area contributed by atoms with Crippen LogP contribution in [0.5, 0.6) is 0 Å². The van der Waals surface area contributed by atoms with Crippen LogP contribution in [0.2, 0.25) is 0 Å². The Labute approximate surface area is 122 Å². The molecule has 1 atom stereocenters. The van der Waals surface area contributed by atoms with Crippen molar-refractivity contribution < 1.29 is 23.9 Å². The van der Waals surface area contributed by atoms with Crippen molar-refractivity contribution in [2.24, 2.45) is 0 Å². The van der Waals surface area contributed by atoms with Gasteiger partial charge in [0, 0.05) is 6.42 Å². The maximum absolute atomic E-state index is 11.9. The van der Waals surface area contributed by atoms with Gasteiger partial charge >= 0.3 is 13.6 Å². The number of carbonyl (C=O) groups excluding carboxylic acids is 1. The monoisotopic (exact) mass is 308 g/mol. The number of carbonyl (C=O) groups is 1. The van der Waals surface area contributed by atoms with Crippen LogP contribution in [0.25, 0.3) is 0 Å². The molecule has 0 aromatic heterocycles. The minimum absolute atomic E-state index is 0.0782. The summed E-state index contributed by atoms with van der Waals surface area (Å²) in [5, 5.41) is -1.07. The average Bonchev–Trinajstić information content (AvgIpc) is 2.38. The van der Waals surface area contributed by atoms with Crippen molar-refractivity contribution in [2.45, 2.75) is 77.3 Å². The lowest BCUT2D eigenvalue weighted by Gasteiger charge is -2.34. The zero-order chi connectivity index (χ0) is 15.6. The highest BCUT2D eigenvalue weighted by molar-refractivity contribution is 7.53. The van der Waals surface area contributed by atoms with Crippen LogP contribution in [0.1, 0.15) is 72.1 Å². The Bertz CT molecular complexity index is 326. The zero-order valence-electron chi connectivity index (χ0n) is 12.9. The summed E-state index contributed by atoms with van der Waals surface area (Å²) >= 11 is 0. The fourth-order valence-corrected chi connectivity index (χ4v) is 3.77. The van der Waals surface area contributed by atoms with Crippen molar-refractivity contribution in [2.75, 3.05) is 6.61 Å². The first-order valence-corrected chi connectivity index (χ1v) is 9.15. The lowest BCUT2D eigenvalue weighted by Crippen LogP contribution is -2.30. The molecule has 20 heavy (non-hydrogen) atoms. The molecule has 2 N–H and O–H groups in total. The van der Waals surface area contributed by atoms with Crippen LogP contribution >= 0.6 is 7.60 Å². The highest BCUT2D eigenvalue weighted by Gasteiger charge is 2.45. The largest absolute Gasteiger partial charge is 0.466 e. The van der Waals surface area contributed by atoms with Crippen molar-refractivity contribution in [3.63, 3.8) is 0 Å². The van der Waals surface area contributed by atoms with E-state index in [1.54, 1.807) is 0 Å². The lowest BCUT2D eigenvalue weighted by atomic mass is 9.91. The van der Waals surface area contributed by atoms with E-state index in [1.807, 2.05) is 20.8 Å². The third kappa shape index (κ3) is 6.38. The van der Waals surface area contributed by atoms with Crippen LogP contribution in [-0.2, 0) is 14.1 Å². The number of rotatable bonds is 11. The molecule has 0 aliphatic carbocycles. The van der Waals surface area contributed by atoms with E-state index in [0.717, 1.165) is 19.3 Å². The van der Waals surface area contributed by atoms with Gasteiger partial charge < -0.3 is 14.5 Å². The second kappa shape index (κ2) is 9.54. The molecule has 0 amide bonds. The van der Waals surface area contributed by atoms with Gasteiger partial charge in [-0.25, -0.2) is 0 Å². The summed E-state index contributed by atoms with van der Waals surface area (Å²) in [7, 11) is -4.24. The molecule has 120 valence electrons. The minimum atomic E-state index is -4.24. The van der Waals surface area contributed by atoms with Crippen molar-refractivity contribution in [3.8, 4) is 0 Å². The van der Waals surface area contributed by atoms with Crippen molar-refractivity contribution in [3.05, 3.63) is 0 Å². The maximum Gasteiger partial charge on any atom is 0.331 e. The number of hydrogen-bond acceptors (Lipinski definition) is 3. The summed E-state index contributed by atoms with van der Waals surface area (Å²) in [5.41, 5.74) is 0. The summed E-state index contributed by atoms with van der Waals surface area (Å²) in [4.78, 5) is 31.0. The van der Waals surface area contributed by atoms with E-state index in [1.165, 1.54) is 0 Å².